The van der Waals surface area contributed by atoms with Crippen molar-refractivity contribution in [2.45, 2.75) is 13.8 Å². The summed E-state index contributed by atoms with van der Waals surface area (Å²) < 4.78 is 6.49. The van der Waals surface area contributed by atoms with E-state index in [1.807, 2.05) is 18.2 Å². The van der Waals surface area contributed by atoms with Crippen LogP contribution in [0.4, 0.5) is 5.69 Å². The quantitative estimate of drug-likeness (QED) is 0.746. The summed E-state index contributed by atoms with van der Waals surface area (Å²) in [5.74, 6) is 0.111. The molecule has 8 heteroatoms. The number of aryl methyl sites for hydroxylation is 2. The largest absolute Gasteiger partial charge is 0.465 e. The van der Waals surface area contributed by atoms with Crippen LogP contribution in [-0.2, 0) is 4.74 Å². The van der Waals surface area contributed by atoms with Gasteiger partial charge in [-0.3, -0.25) is 9.20 Å². The standard InChI is InChI=1S/C15H14N4O3S/c1-8-12(23-15-18-17-9(2)19(8)15)13(20)16-11-6-4-10(5-7-11)14(21)22-3/h4-7H,1-3H3,(H,16,20). The van der Waals surface area contributed by atoms with Crippen LogP contribution in [0.2, 0.25) is 0 Å². The first-order chi connectivity index (χ1) is 11.0. The number of methoxy groups -OCH3 is 1. The Labute approximate surface area is 135 Å². The van der Waals surface area contributed by atoms with Crippen molar-refractivity contribution in [3.63, 3.8) is 0 Å². The highest BCUT2D eigenvalue weighted by molar-refractivity contribution is 7.19. The Morgan fingerprint density at radius 2 is 1.87 bits per heavy atom. The zero-order valence-electron chi connectivity index (χ0n) is 12.8. The fourth-order valence-electron chi connectivity index (χ4n) is 2.27. The molecule has 0 atom stereocenters. The van der Waals surface area contributed by atoms with E-state index < -0.39 is 5.97 Å². The number of benzene rings is 1. The number of esters is 1. The number of carbonyl (C=O) groups is 2. The van der Waals surface area contributed by atoms with E-state index in [9.17, 15) is 9.59 Å². The van der Waals surface area contributed by atoms with E-state index in [2.05, 4.69) is 20.3 Å². The van der Waals surface area contributed by atoms with Crippen LogP contribution in [0.5, 0.6) is 0 Å². The van der Waals surface area contributed by atoms with Gasteiger partial charge in [-0.15, -0.1) is 10.2 Å². The second-order valence-electron chi connectivity index (χ2n) is 4.90. The zero-order valence-corrected chi connectivity index (χ0v) is 13.6. The van der Waals surface area contributed by atoms with Crippen LogP contribution < -0.4 is 5.32 Å². The number of nitrogens with one attached hydrogen (secondary N) is 1. The summed E-state index contributed by atoms with van der Waals surface area (Å²) in [6, 6.07) is 6.52. The molecular formula is C15H14N4O3S. The van der Waals surface area contributed by atoms with Gasteiger partial charge in [-0.2, -0.15) is 0 Å². The number of ether oxygens (including phenoxy) is 1. The Hall–Kier alpha value is -2.74. The molecule has 0 bridgehead atoms. The van der Waals surface area contributed by atoms with Crippen LogP contribution in [0.25, 0.3) is 4.96 Å². The molecule has 118 valence electrons. The molecule has 0 saturated heterocycles. The molecule has 1 N–H and O–H groups in total. The van der Waals surface area contributed by atoms with Crippen LogP contribution >= 0.6 is 11.3 Å². The number of carbonyl (C=O) groups excluding carboxylic acids is 2. The third-order valence-corrected chi connectivity index (χ3v) is 4.55. The number of hydrogen-bond donors (Lipinski definition) is 1. The Morgan fingerprint density at radius 1 is 1.17 bits per heavy atom. The van der Waals surface area contributed by atoms with E-state index in [0.717, 1.165) is 11.5 Å². The number of amides is 1. The minimum Gasteiger partial charge on any atom is -0.465 e. The number of anilines is 1. The zero-order chi connectivity index (χ0) is 16.6. The first kappa shape index (κ1) is 15.2. The molecule has 3 aromatic rings. The highest BCUT2D eigenvalue weighted by atomic mass is 32.1. The average molecular weight is 330 g/mol. The molecule has 1 aromatic carbocycles. The second-order valence-corrected chi connectivity index (χ2v) is 5.88. The van der Waals surface area contributed by atoms with Gasteiger partial charge in [0, 0.05) is 11.4 Å². The fourth-order valence-corrected chi connectivity index (χ4v) is 3.28. The molecular weight excluding hydrogens is 316 g/mol. The fraction of sp³-hybridized carbons (Fsp3) is 0.200. The lowest BCUT2D eigenvalue weighted by Gasteiger charge is -2.05. The molecule has 0 saturated carbocycles. The summed E-state index contributed by atoms with van der Waals surface area (Å²) in [6.45, 7) is 3.70. The molecule has 0 aliphatic heterocycles. The summed E-state index contributed by atoms with van der Waals surface area (Å²) in [5.41, 5.74) is 1.83. The van der Waals surface area contributed by atoms with Crippen LogP contribution in [0.1, 0.15) is 31.5 Å². The summed E-state index contributed by atoms with van der Waals surface area (Å²) >= 11 is 1.29. The Bertz CT molecular complexity index is 895. The van der Waals surface area contributed by atoms with Crippen molar-refractivity contribution < 1.29 is 14.3 Å². The maximum absolute atomic E-state index is 12.4. The van der Waals surface area contributed by atoms with E-state index >= 15 is 0 Å². The Morgan fingerprint density at radius 3 is 2.48 bits per heavy atom. The number of fused-ring (bicyclic) bond motifs is 1. The number of rotatable bonds is 3. The second kappa shape index (κ2) is 5.81. The lowest BCUT2D eigenvalue weighted by molar-refractivity contribution is 0.0600. The lowest BCUT2D eigenvalue weighted by Crippen LogP contribution is -2.12. The van der Waals surface area contributed by atoms with Gasteiger partial charge in [0.15, 0.2) is 0 Å². The van der Waals surface area contributed by atoms with E-state index in [1.165, 1.54) is 18.4 Å². The number of aromatic nitrogens is 3. The van der Waals surface area contributed by atoms with Gasteiger partial charge in [0.25, 0.3) is 5.91 Å². The molecule has 0 aliphatic rings. The summed E-state index contributed by atoms with van der Waals surface area (Å²) in [6.07, 6.45) is 0. The van der Waals surface area contributed by atoms with Crippen molar-refractivity contribution in [1.82, 2.24) is 14.6 Å². The van der Waals surface area contributed by atoms with Crippen LogP contribution in [0, 0.1) is 13.8 Å². The van der Waals surface area contributed by atoms with Crippen molar-refractivity contribution in [3.05, 3.63) is 46.2 Å². The summed E-state index contributed by atoms with van der Waals surface area (Å²) in [5, 5.41) is 10.8. The molecule has 3 rings (SSSR count). The first-order valence-corrected chi connectivity index (χ1v) is 7.63. The minimum atomic E-state index is -0.416. The molecule has 2 aromatic heterocycles. The SMILES string of the molecule is COC(=O)c1ccc(NC(=O)c2sc3nnc(C)n3c2C)cc1. The summed E-state index contributed by atoms with van der Waals surface area (Å²) in [7, 11) is 1.32. The topological polar surface area (TPSA) is 85.6 Å². The smallest absolute Gasteiger partial charge is 0.337 e. The third kappa shape index (κ3) is 2.68. The van der Waals surface area contributed by atoms with Crippen molar-refractivity contribution in [1.29, 1.82) is 0 Å². The normalized spacial score (nSPS) is 10.7. The molecule has 0 radical (unpaired) electrons. The maximum Gasteiger partial charge on any atom is 0.337 e. The van der Waals surface area contributed by atoms with Gasteiger partial charge >= 0.3 is 5.97 Å². The van der Waals surface area contributed by atoms with Gasteiger partial charge in [0.2, 0.25) is 4.96 Å². The molecule has 0 aliphatic carbocycles. The molecule has 1 amide bonds. The monoisotopic (exact) mass is 330 g/mol. The predicted octanol–water partition coefficient (Wildman–Crippen LogP) is 2.45. The minimum absolute atomic E-state index is 0.219. The van der Waals surface area contributed by atoms with Gasteiger partial charge < -0.3 is 10.1 Å². The molecule has 0 spiro atoms. The van der Waals surface area contributed by atoms with E-state index in [-0.39, 0.29) is 5.91 Å². The molecule has 7 nitrogen and oxygen atoms in total. The van der Waals surface area contributed by atoms with Crippen LogP contribution in [0.3, 0.4) is 0 Å². The predicted molar refractivity (Wildman–Crippen MR) is 86.1 cm³/mol. The van der Waals surface area contributed by atoms with Crippen molar-refractivity contribution in [2.75, 3.05) is 12.4 Å². The van der Waals surface area contributed by atoms with Crippen molar-refractivity contribution >= 4 is 33.9 Å². The van der Waals surface area contributed by atoms with Crippen molar-refractivity contribution in [2.24, 2.45) is 0 Å². The van der Waals surface area contributed by atoms with Gasteiger partial charge in [0.05, 0.1) is 12.7 Å². The molecule has 0 fully saturated rings. The Balaban J connectivity index is 1.83. The van der Waals surface area contributed by atoms with Crippen molar-refractivity contribution in [3.8, 4) is 0 Å². The number of nitrogens with zero attached hydrogens (tertiary/aromatic N) is 3. The van der Waals surface area contributed by atoms with Gasteiger partial charge in [-0.1, -0.05) is 11.3 Å². The molecule has 23 heavy (non-hydrogen) atoms. The van der Waals surface area contributed by atoms with Gasteiger partial charge in [0.1, 0.15) is 10.7 Å². The lowest BCUT2D eigenvalue weighted by atomic mass is 10.2. The van der Waals surface area contributed by atoms with E-state index in [4.69, 9.17) is 0 Å². The summed E-state index contributed by atoms with van der Waals surface area (Å²) in [4.78, 5) is 25.1. The average Bonchev–Trinajstić information content (AvgIpc) is 3.08. The Kier molecular flexibility index (Phi) is 3.83. The molecule has 2 heterocycles. The van der Waals surface area contributed by atoms with Crippen LogP contribution in [0.15, 0.2) is 24.3 Å². The van der Waals surface area contributed by atoms with E-state index in [1.54, 1.807) is 24.3 Å². The third-order valence-electron chi connectivity index (χ3n) is 3.42. The highest BCUT2D eigenvalue weighted by Gasteiger charge is 2.18. The van der Waals surface area contributed by atoms with Gasteiger partial charge in [-0.25, -0.2) is 4.79 Å². The van der Waals surface area contributed by atoms with Gasteiger partial charge in [-0.05, 0) is 38.1 Å². The van der Waals surface area contributed by atoms with E-state index in [0.29, 0.717) is 21.1 Å². The number of hydrogen-bond acceptors (Lipinski definition) is 6. The van der Waals surface area contributed by atoms with Crippen LogP contribution in [-0.4, -0.2) is 33.6 Å². The maximum atomic E-state index is 12.4. The first-order valence-electron chi connectivity index (χ1n) is 6.82. The number of thiazole rings is 1. The highest BCUT2D eigenvalue weighted by Crippen LogP contribution is 2.23. The molecule has 0 unspecified atom stereocenters.